The molecule has 148 valence electrons. The van der Waals surface area contributed by atoms with Crippen molar-refractivity contribution in [1.82, 2.24) is 14.5 Å². The summed E-state index contributed by atoms with van der Waals surface area (Å²) in [4.78, 5) is 9.32. The van der Waals surface area contributed by atoms with Crippen LogP contribution >= 0.6 is 0 Å². The quantitative estimate of drug-likeness (QED) is 0.602. The molecule has 28 heavy (non-hydrogen) atoms. The van der Waals surface area contributed by atoms with Crippen molar-refractivity contribution in [2.45, 2.75) is 57.5 Å². The molecular formula is C22H27FN4O. The number of fused-ring (bicyclic) bond motifs is 1. The molecule has 6 heteroatoms. The van der Waals surface area contributed by atoms with Crippen molar-refractivity contribution in [1.29, 1.82) is 0 Å². The molecule has 1 aromatic carbocycles. The Morgan fingerprint density at radius 3 is 2.64 bits per heavy atom. The molecule has 0 amide bonds. The summed E-state index contributed by atoms with van der Waals surface area (Å²) in [5, 5.41) is 13.2. The zero-order valence-electron chi connectivity index (χ0n) is 16.2. The van der Waals surface area contributed by atoms with Crippen LogP contribution in [0.3, 0.4) is 0 Å². The Bertz CT molecular complexity index is 930. The number of rotatable bonds is 6. The molecule has 1 aliphatic carbocycles. The molecule has 0 unspecified atom stereocenters. The lowest BCUT2D eigenvalue weighted by Gasteiger charge is -2.24. The second-order valence-corrected chi connectivity index (χ2v) is 7.64. The Kier molecular flexibility index (Phi) is 5.57. The van der Waals surface area contributed by atoms with E-state index in [1.54, 1.807) is 12.1 Å². The molecule has 2 N–H and O–H groups in total. The van der Waals surface area contributed by atoms with Crippen molar-refractivity contribution < 1.29 is 9.50 Å². The molecule has 1 saturated carbocycles. The number of nitrogens with zero attached hydrogens (tertiary/aromatic N) is 3. The van der Waals surface area contributed by atoms with Gasteiger partial charge in [0.15, 0.2) is 0 Å². The molecule has 5 nitrogen and oxygen atoms in total. The zero-order valence-corrected chi connectivity index (χ0v) is 16.2. The Morgan fingerprint density at radius 2 is 1.93 bits per heavy atom. The van der Waals surface area contributed by atoms with Crippen molar-refractivity contribution in [3.8, 4) is 5.69 Å². The van der Waals surface area contributed by atoms with Crippen LogP contribution in [-0.2, 0) is 0 Å². The smallest absolute Gasteiger partial charge is 0.223 e. The number of halogens is 1. The monoisotopic (exact) mass is 382 g/mol. The number of aliphatic hydroxyl groups is 1. The number of anilines is 1. The average molecular weight is 382 g/mol. The number of unbranched alkanes of at least 4 members (excludes halogenated alkanes) is 1. The fourth-order valence-electron chi connectivity index (χ4n) is 4.00. The Morgan fingerprint density at radius 1 is 1.18 bits per heavy atom. The topological polar surface area (TPSA) is 63.0 Å². The first-order valence-electron chi connectivity index (χ1n) is 10.2. The van der Waals surface area contributed by atoms with E-state index < -0.39 is 0 Å². The summed E-state index contributed by atoms with van der Waals surface area (Å²) < 4.78 is 15.4. The molecule has 1 aliphatic rings. The number of benzene rings is 1. The van der Waals surface area contributed by atoms with E-state index in [1.165, 1.54) is 17.7 Å². The van der Waals surface area contributed by atoms with Crippen LogP contribution in [0.4, 0.5) is 10.3 Å². The van der Waals surface area contributed by atoms with E-state index in [9.17, 15) is 9.50 Å². The molecule has 2 heterocycles. The van der Waals surface area contributed by atoms with E-state index in [4.69, 9.17) is 4.98 Å². The number of hydrogen-bond acceptors (Lipinski definition) is 4. The summed E-state index contributed by atoms with van der Waals surface area (Å²) in [5.41, 5.74) is 3.95. The Balaban J connectivity index is 1.75. The van der Waals surface area contributed by atoms with Gasteiger partial charge in [0, 0.05) is 18.4 Å². The minimum atomic E-state index is -0.250. The largest absolute Gasteiger partial charge is 0.393 e. The molecule has 4 rings (SSSR count). The van der Waals surface area contributed by atoms with E-state index in [2.05, 4.69) is 23.4 Å². The van der Waals surface area contributed by atoms with Crippen molar-refractivity contribution in [2.75, 3.05) is 11.9 Å². The average Bonchev–Trinajstić information content (AvgIpc) is 3.08. The predicted molar refractivity (Wildman–Crippen MR) is 109 cm³/mol. The number of aliphatic hydroxyl groups excluding tert-OH is 1. The minimum absolute atomic E-state index is 0.192. The lowest BCUT2D eigenvalue weighted by atomic mass is 9.83. The standard InChI is InChI=1S/C22H27FN4O/c1-2-3-12-24-22-25-13-20-21(26-22)19(15-4-10-18(28)11-5-15)14-27(20)17-8-6-16(23)7-9-17/h6-9,13-15,18,28H,2-5,10-12H2,1H3,(H,24,25,26). The SMILES string of the molecule is CCCCNc1ncc2c(n1)c(C1CCC(O)CC1)cn2-c1ccc(F)cc1. The van der Waals surface area contributed by atoms with Crippen LogP contribution < -0.4 is 5.32 Å². The van der Waals surface area contributed by atoms with Gasteiger partial charge in [0.25, 0.3) is 0 Å². The summed E-state index contributed by atoms with van der Waals surface area (Å²) in [5.74, 6) is 0.765. The summed E-state index contributed by atoms with van der Waals surface area (Å²) >= 11 is 0. The third kappa shape index (κ3) is 3.87. The van der Waals surface area contributed by atoms with Crippen molar-refractivity contribution in [2.24, 2.45) is 0 Å². The summed E-state index contributed by atoms with van der Waals surface area (Å²) in [7, 11) is 0. The van der Waals surface area contributed by atoms with Crippen LogP contribution in [0.1, 0.15) is 56.9 Å². The van der Waals surface area contributed by atoms with Gasteiger partial charge in [0.1, 0.15) is 5.82 Å². The molecule has 0 bridgehead atoms. The highest BCUT2D eigenvalue weighted by molar-refractivity contribution is 5.82. The second kappa shape index (κ2) is 8.27. The van der Waals surface area contributed by atoms with E-state index in [0.717, 1.165) is 61.8 Å². The van der Waals surface area contributed by atoms with E-state index >= 15 is 0 Å². The van der Waals surface area contributed by atoms with Crippen molar-refractivity contribution in [3.63, 3.8) is 0 Å². The van der Waals surface area contributed by atoms with Crippen LogP contribution in [0, 0.1) is 5.82 Å². The van der Waals surface area contributed by atoms with E-state index in [0.29, 0.717) is 11.9 Å². The fourth-order valence-corrected chi connectivity index (χ4v) is 4.00. The fraction of sp³-hybridized carbons (Fsp3) is 0.455. The molecule has 0 radical (unpaired) electrons. The van der Waals surface area contributed by atoms with Crippen LogP contribution in [0.5, 0.6) is 0 Å². The molecule has 3 aromatic rings. The third-order valence-corrected chi connectivity index (χ3v) is 5.63. The maximum Gasteiger partial charge on any atom is 0.223 e. The van der Waals surface area contributed by atoms with Gasteiger partial charge in [-0.05, 0) is 67.9 Å². The third-order valence-electron chi connectivity index (χ3n) is 5.63. The molecule has 2 aromatic heterocycles. The number of aromatic nitrogens is 3. The van der Waals surface area contributed by atoms with E-state index in [-0.39, 0.29) is 11.9 Å². The molecule has 0 atom stereocenters. The summed E-state index contributed by atoms with van der Waals surface area (Å²) in [6.07, 6.45) is 9.51. The first-order valence-corrected chi connectivity index (χ1v) is 10.2. The Hall–Kier alpha value is -2.47. The molecule has 0 spiro atoms. The van der Waals surface area contributed by atoms with Crippen molar-refractivity contribution >= 4 is 17.0 Å². The zero-order chi connectivity index (χ0) is 19.5. The van der Waals surface area contributed by atoms with Crippen LogP contribution in [-0.4, -0.2) is 32.3 Å². The van der Waals surface area contributed by atoms with Crippen LogP contribution in [0.15, 0.2) is 36.7 Å². The first-order chi connectivity index (χ1) is 13.7. The first kappa shape index (κ1) is 18.9. The predicted octanol–water partition coefficient (Wildman–Crippen LogP) is 4.79. The summed E-state index contributed by atoms with van der Waals surface area (Å²) in [6.45, 7) is 3.01. The maximum atomic E-state index is 13.4. The lowest BCUT2D eigenvalue weighted by molar-refractivity contribution is 0.122. The second-order valence-electron chi connectivity index (χ2n) is 7.64. The highest BCUT2D eigenvalue weighted by atomic mass is 19.1. The van der Waals surface area contributed by atoms with Gasteiger partial charge in [-0.15, -0.1) is 0 Å². The van der Waals surface area contributed by atoms with Gasteiger partial charge >= 0.3 is 0 Å². The van der Waals surface area contributed by atoms with Gasteiger partial charge in [0.05, 0.1) is 23.3 Å². The van der Waals surface area contributed by atoms with Gasteiger partial charge in [0.2, 0.25) is 5.95 Å². The Labute approximate surface area is 164 Å². The highest BCUT2D eigenvalue weighted by Gasteiger charge is 2.25. The molecular weight excluding hydrogens is 355 g/mol. The lowest BCUT2D eigenvalue weighted by Crippen LogP contribution is -2.17. The van der Waals surface area contributed by atoms with Gasteiger partial charge in [-0.3, -0.25) is 0 Å². The minimum Gasteiger partial charge on any atom is -0.393 e. The maximum absolute atomic E-state index is 13.4. The van der Waals surface area contributed by atoms with E-state index in [1.807, 2.05) is 10.8 Å². The highest BCUT2D eigenvalue weighted by Crippen LogP contribution is 2.37. The van der Waals surface area contributed by atoms with Crippen LogP contribution in [0.2, 0.25) is 0 Å². The molecule has 1 fully saturated rings. The summed E-state index contributed by atoms with van der Waals surface area (Å²) in [6, 6.07) is 6.49. The molecule has 0 saturated heterocycles. The normalized spacial score (nSPS) is 19.8. The van der Waals surface area contributed by atoms with Crippen LogP contribution in [0.25, 0.3) is 16.7 Å². The van der Waals surface area contributed by atoms with Gasteiger partial charge in [-0.1, -0.05) is 13.3 Å². The number of nitrogens with one attached hydrogen (secondary N) is 1. The van der Waals surface area contributed by atoms with Gasteiger partial charge in [-0.25, -0.2) is 14.4 Å². The van der Waals surface area contributed by atoms with Crippen molar-refractivity contribution in [3.05, 3.63) is 48.0 Å². The molecule has 0 aliphatic heterocycles. The van der Waals surface area contributed by atoms with Gasteiger partial charge < -0.3 is 15.0 Å². The number of hydrogen-bond donors (Lipinski definition) is 2. The van der Waals surface area contributed by atoms with Gasteiger partial charge in [-0.2, -0.15) is 0 Å².